The molecular weight excluding hydrogens is 242 g/mol. The molecule has 0 bridgehead atoms. The summed E-state index contributed by atoms with van der Waals surface area (Å²) in [5, 5.41) is 8.99. The van der Waals surface area contributed by atoms with E-state index in [0.29, 0.717) is 16.9 Å². The highest BCUT2D eigenvalue weighted by molar-refractivity contribution is 6.17. The van der Waals surface area contributed by atoms with E-state index in [1.807, 2.05) is 6.07 Å². The molecule has 90 valence electrons. The van der Waals surface area contributed by atoms with E-state index >= 15 is 0 Å². The first-order chi connectivity index (χ1) is 8.17. The van der Waals surface area contributed by atoms with Gasteiger partial charge < -0.3 is 9.47 Å². The third-order valence-corrected chi connectivity index (χ3v) is 2.46. The summed E-state index contributed by atoms with van der Waals surface area (Å²) >= 11 is 5.74. The number of ether oxygens (including phenoxy) is 2. The van der Waals surface area contributed by atoms with Gasteiger partial charge in [0.2, 0.25) is 0 Å². The minimum Gasteiger partial charge on any atom is -0.496 e. The lowest BCUT2D eigenvalue weighted by Gasteiger charge is -2.10. The number of carbonyl (C=O) groups excluding carboxylic acids is 1. The first-order valence-corrected chi connectivity index (χ1v) is 5.55. The Morgan fingerprint density at radius 3 is 2.71 bits per heavy atom. The van der Waals surface area contributed by atoms with Crippen LogP contribution in [0, 0.1) is 11.3 Å². The zero-order valence-corrected chi connectivity index (χ0v) is 10.4. The van der Waals surface area contributed by atoms with Crippen LogP contribution in [0.4, 0.5) is 0 Å². The summed E-state index contributed by atoms with van der Waals surface area (Å²) in [6.07, 6.45) is 0. The van der Waals surface area contributed by atoms with Crippen molar-refractivity contribution in [2.75, 3.05) is 13.7 Å². The van der Waals surface area contributed by atoms with E-state index in [4.69, 9.17) is 26.3 Å². The minimum atomic E-state index is -0.483. The zero-order valence-electron chi connectivity index (χ0n) is 9.62. The molecule has 17 heavy (non-hydrogen) atoms. The van der Waals surface area contributed by atoms with Crippen LogP contribution in [0.15, 0.2) is 12.1 Å². The lowest BCUT2D eigenvalue weighted by molar-refractivity contribution is 0.0526. The van der Waals surface area contributed by atoms with Gasteiger partial charge >= 0.3 is 5.97 Å². The normalized spacial score (nSPS) is 9.53. The van der Waals surface area contributed by atoms with Crippen LogP contribution < -0.4 is 4.74 Å². The number of hydrogen-bond acceptors (Lipinski definition) is 4. The van der Waals surface area contributed by atoms with Gasteiger partial charge in [-0.1, -0.05) is 0 Å². The van der Waals surface area contributed by atoms with Gasteiger partial charge in [0.05, 0.1) is 36.8 Å². The molecule has 0 aliphatic rings. The molecule has 0 unspecified atom stereocenters. The van der Waals surface area contributed by atoms with Crippen LogP contribution in [0.5, 0.6) is 5.75 Å². The first-order valence-electron chi connectivity index (χ1n) is 5.02. The predicted octanol–water partition coefficient (Wildman–Crippen LogP) is 2.48. The van der Waals surface area contributed by atoms with Crippen molar-refractivity contribution < 1.29 is 14.3 Å². The Hall–Kier alpha value is -1.73. The van der Waals surface area contributed by atoms with Crippen LogP contribution in [0.2, 0.25) is 0 Å². The number of alkyl halides is 1. The highest BCUT2D eigenvalue weighted by Crippen LogP contribution is 2.26. The van der Waals surface area contributed by atoms with E-state index in [1.54, 1.807) is 6.92 Å². The van der Waals surface area contributed by atoms with Gasteiger partial charge in [0.15, 0.2) is 0 Å². The van der Waals surface area contributed by atoms with E-state index in [2.05, 4.69) is 0 Å². The van der Waals surface area contributed by atoms with Gasteiger partial charge in [0.1, 0.15) is 5.75 Å². The van der Waals surface area contributed by atoms with Crippen molar-refractivity contribution in [1.29, 1.82) is 5.26 Å². The first kappa shape index (κ1) is 13.3. The Balaban J connectivity index is 3.28. The van der Waals surface area contributed by atoms with Crippen LogP contribution in [-0.4, -0.2) is 19.7 Å². The number of nitrogens with zero attached hydrogens (tertiary/aromatic N) is 1. The topological polar surface area (TPSA) is 59.3 Å². The maximum atomic E-state index is 11.6. The van der Waals surface area contributed by atoms with Crippen molar-refractivity contribution >= 4 is 17.6 Å². The third-order valence-electron chi connectivity index (χ3n) is 2.19. The molecule has 1 rings (SSSR count). The van der Waals surface area contributed by atoms with Crippen LogP contribution >= 0.6 is 11.6 Å². The average molecular weight is 254 g/mol. The van der Waals surface area contributed by atoms with Gasteiger partial charge in [-0.3, -0.25) is 0 Å². The van der Waals surface area contributed by atoms with Crippen molar-refractivity contribution in [3.05, 3.63) is 28.8 Å². The average Bonchev–Trinajstić information content (AvgIpc) is 2.37. The monoisotopic (exact) mass is 253 g/mol. The molecule has 0 saturated carbocycles. The Bertz CT molecular complexity index is 466. The Labute approximate surface area is 105 Å². The molecule has 0 radical (unpaired) electrons. The molecular formula is C12H12ClNO3. The summed E-state index contributed by atoms with van der Waals surface area (Å²) in [4.78, 5) is 11.6. The predicted molar refractivity (Wildman–Crippen MR) is 63.2 cm³/mol. The second-order valence-corrected chi connectivity index (χ2v) is 3.44. The number of nitriles is 1. The Kier molecular flexibility index (Phi) is 4.80. The van der Waals surface area contributed by atoms with E-state index in [9.17, 15) is 4.79 Å². The van der Waals surface area contributed by atoms with Crippen molar-refractivity contribution in [1.82, 2.24) is 0 Å². The number of esters is 1. The maximum absolute atomic E-state index is 11.6. The van der Waals surface area contributed by atoms with Gasteiger partial charge in [-0.05, 0) is 19.1 Å². The summed E-state index contributed by atoms with van der Waals surface area (Å²) in [7, 11) is 1.46. The van der Waals surface area contributed by atoms with Crippen LogP contribution in [-0.2, 0) is 10.6 Å². The molecule has 0 aliphatic heterocycles. The number of hydrogen-bond donors (Lipinski definition) is 0. The van der Waals surface area contributed by atoms with Crippen molar-refractivity contribution in [3.8, 4) is 11.8 Å². The SMILES string of the molecule is CCOC(=O)c1cc(C#N)c(CCl)c(OC)c1. The third kappa shape index (κ3) is 2.89. The zero-order chi connectivity index (χ0) is 12.8. The molecule has 1 aromatic rings. The summed E-state index contributed by atoms with van der Waals surface area (Å²) in [6, 6.07) is 4.97. The number of rotatable bonds is 4. The summed E-state index contributed by atoms with van der Waals surface area (Å²) in [5.74, 6) is 0.0837. The lowest BCUT2D eigenvalue weighted by atomic mass is 10.0. The molecule has 0 aromatic heterocycles. The molecule has 0 heterocycles. The molecule has 0 spiro atoms. The fourth-order valence-electron chi connectivity index (χ4n) is 1.40. The molecule has 5 heteroatoms. The van der Waals surface area contributed by atoms with Crippen molar-refractivity contribution in [3.63, 3.8) is 0 Å². The quantitative estimate of drug-likeness (QED) is 0.611. The van der Waals surface area contributed by atoms with E-state index < -0.39 is 5.97 Å². The highest BCUT2D eigenvalue weighted by atomic mass is 35.5. The maximum Gasteiger partial charge on any atom is 0.338 e. The van der Waals surface area contributed by atoms with Gasteiger partial charge in [-0.15, -0.1) is 11.6 Å². The van der Waals surface area contributed by atoms with Crippen LogP contribution in [0.1, 0.15) is 28.4 Å². The largest absolute Gasteiger partial charge is 0.496 e. The van der Waals surface area contributed by atoms with E-state index in [1.165, 1.54) is 19.2 Å². The second kappa shape index (κ2) is 6.12. The number of halogens is 1. The number of benzene rings is 1. The lowest BCUT2D eigenvalue weighted by Crippen LogP contribution is -2.06. The second-order valence-electron chi connectivity index (χ2n) is 3.17. The summed E-state index contributed by atoms with van der Waals surface area (Å²) in [5.41, 5.74) is 1.18. The van der Waals surface area contributed by atoms with Crippen molar-refractivity contribution in [2.45, 2.75) is 12.8 Å². The van der Waals surface area contributed by atoms with Gasteiger partial charge in [-0.2, -0.15) is 5.26 Å². The molecule has 0 atom stereocenters. The number of carbonyl (C=O) groups is 1. The molecule has 0 saturated heterocycles. The van der Waals surface area contributed by atoms with Crippen LogP contribution in [0.3, 0.4) is 0 Å². The fourth-order valence-corrected chi connectivity index (χ4v) is 1.67. The summed E-state index contributed by atoms with van der Waals surface area (Å²) < 4.78 is 9.97. The van der Waals surface area contributed by atoms with Gasteiger partial charge in [0, 0.05) is 5.56 Å². The molecule has 0 amide bonds. The smallest absolute Gasteiger partial charge is 0.338 e. The minimum absolute atomic E-state index is 0.148. The van der Waals surface area contributed by atoms with E-state index in [0.717, 1.165) is 0 Å². The molecule has 0 N–H and O–H groups in total. The van der Waals surface area contributed by atoms with Crippen molar-refractivity contribution in [2.24, 2.45) is 0 Å². The van der Waals surface area contributed by atoms with Gasteiger partial charge in [0.25, 0.3) is 0 Å². The van der Waals surface area contributed by atoms with Gasteiger partial charge in [-0.25, -0.2) is 4.79 Å². The Morgan fingerprint density at radius 1 is 1.53 bits per heavy atom. The highest BCUT2D eigenvalue weighted by Gasteiger charge is 2.15. The van der Waals surface area contributed by atoms with Crippen LogP contribution in [0.25, 0.3) is 0 Å². The fraction of sp³-hybridized carbons (Fsp3) is 0.333. The Morgan fingerprint density at radius 2 is 2.24 bits per heavy atom. The van der Waals surface area contributed by atoms with E-state index in [-0.39, 0.29) is 18.1 Å². The molecule has 4 nitrogen and oxygen atoms in total. The molecule has 1 aromatic carbocycles. The molecule has 0 aliphatic carbocycles. The summed E-state index contributed by atoms with van der Waals surface area (Å²) in [6.45, 7) is 1.99. The number of methoxy groups -OCH3 is 1. The standard InChI is InChI=1S/C12H12ClNO3/c1-3-17-12(15)8-4-9(7-14)10(6-13)11(5-8)16-2/h4-5H,3,6H2,1-2H3. The molecule has 0 fully saturated rings.